The number of nitro groups is 1. The van der Waals surface area contributed by atoms with Crippen molar-refractivity contribution in [1.82, 2.24) is 4.90 Å². The monoisotopic (exact) mass is 332 g/mol. The molecule has 8 nitrogen and oxygen atoms in total. The van der Waals surface area contributed by atoms with Crippen molar-refractivity contribution in [2.24, 2.45) is 0 Å². The van der Waals surface area contributed by atoms with Crippen LogP contribution in [0.25, 0.3) is 0 Å². The van der Waals surface area contributed by atoms with Gasteiger partial charge in [0.15, 0.2) is 0 Å². The molecule has 8 heteroatoms. The molecule has 1 heterocycles. The van der Waals surface area contributed by atoms with E-state index in [0.717, 1.165) is 0 Å². The van der Waals surface area contributed by atoms with Gasteiger partial charge in [0.25, 0.3) is 11.6 Å². The van der Waals surface area contributed by atoms with E-state index in [1.165, 1.54) is 43.1 Å². The van der Waals surface area contributed by atoms with Gasteiger partial charge in [0.05, 0.1) is 11.5 Å². The summed E-state index contributed by atoms with van der Waals surface area (Å²) in [5.74, 6) is -0.828. The molecule has 0 spiro atoms. The first-order chi connectivity index (χ1) is 11.2. The number of carboxylic acids is 1. The molecule has 2 rings (SSSR count). The van der Waals surface area contributed by atoms with Crippen LogP contribution in [0.5, 0.6) is 0 Å². The van der Waals surface area contributed by atoms with Crippen molar-refractivity contribution in [1.29, 1.82) is 0 Å². The molecule has 0 bridgehead atoms. The van der Waals surface area contributed by atoms with E-state index in [4.69, 9.17) is 9.52 Å². The average Bonchev–Trinajstić information content (AvgIpc) is 2.86. The molecule has 0 aliphatic heterocycles. The standard InChI is InChI=1S/C16H16N2O6/c1-9-6-11(4-5-14(9)18(22)23)15(19)17(3)8-12-7-13(16(20)21)10(2)24-12/h4-7H,8H2,1-3H3,(H,20,21). The maximum absolute atomic E-state index is 12.4. The highest BCUT2D eigenvalue weighted by Crippen LogP contribution is 2.21. The van der Waals surface area contributed by atoms with Crippen LogP contribution in [0, 0.1) is 24.0 Å². The number of amides is 1. The van der Waals surface area contributed by atoms with Crippen LogP contribution in [0.1, 0.15) is 37.8 Å². The van der Waals surface area contributed by atoms with Gasteiger partial charge in [-0.2, -0.15) is 0 Å². The van der Waals surface area contributed by atoms with Gasteiger partial charge in [-0.15, -0.1) is 0 Å². The summed E-state index contributed by atoms with van der Waals surface area (Å²) in [6.07, 6.45) is 0. The number of nitrogens with zero attached hydrogens (tertiary/aromatic N) is 2. The highest BCUT2D eigenvalue weighted by molar-refractivity contribution is 5.94. The van der Waals surface area contributed by atoms with Gasteiger partial charge in [0, 0.05) is 24.2 Å². The summed E-state index contributed by atoms with van der Waals surface area (Å²) in [7, 11) is 1.54. The van der Waals surface area contributed by atoms with Crippen LogP contribution in [-0.4, -0.2) is 33.9 Å². The summed E-state index contributed by atoms with van der Waals surface area (Å²) < 4.78 is 5.34. The summed E-state index contributed by atoms with van der Waals surface area (Å²) in [6.45, 7) is 3.18. The molecule has 126 valence electrons. The molecule has 0 radical (unpaired) electrons. The van der Waals surface area contributed by atoms with E-state index in [-0.39, 0.29) is 29.5 Å². The Balaban J connectivity index is 2.18. The van der Waals surface area contributed by atoms with Gasteiger partial charge in [0.2, 0.25) is 0 Å². The number of hydrogen-bond acceptors (Lipinski definition) is 5. The first-order valence-corrected chi connectivity index (χ1v) is 7.03. The molecule has 0 aliphatic rings. The molecule has 0 fully saturated rings. The number of aromatic carboxylic acids is 1. The molecule has 0 saturated carbocycles. The predicted molar refractivity (Wildman–Crippen MR) is 84.0 cm³/mol. The van der Waals surface area contributed by atoms with E-state index in [2.05, 4.69) is 0 Å². The lowest BCUT2D eigenvalue weighted by molar-refractivity contribution is -0.385. The first kappa shape index (κ1) is 17.2. The lowest BCUT2D eigenvalue weighted by Crippen LogP contribution is -2.26. The molecule has 1 amide bonds. The SMILES string of the molecule is Cc1cc(C(=O)N(C)Cc2cc(C(=O)O)c(C)o2)ccc1[N+](=O)[O-]. The van der Waals surface area contributed by atoms with Gasteiger partial charge in [-0.25, -0.2) is 4.79 Å². The highest BCUT2D eigenvalue weighted by atomic mass is 16.6. The molecule has 0 unspecified atom stereocenters. The van der Waals surface area contributed by atoms with Crippen molar-refractivity contribution in [2.75, 3.05) is 7.05 Å². The Labute approximate surface area is 137 Å². The lowest BCUT2D eigenvalue weighted by atomic mass is 10.1. The summed E-state index contributed by atoms with van der Waals surface area (Å²) in [4.78, 5) is 35.1. The Kier molecular flexibility index (Phi) is 4.68. The second-order valence-electron chi connectivity index (χ2n) is 5.41. The van der Waals surface area contributed by atoms with Crippen LogP contribution in [0.4, 0.5) is 5.69 Å². The second-order valence-corrected chi connectivity index (χ2v) is 5.41. The molecule has 1 aromatic carbocycles. The van der Waals surface area contributed by atoms with Crippen LogP contribution in [0.3, 0.4) is 0 Å². The zero-order valence-corrected chi connectivity index (χ0v) is 13.4. The van der Waals surface area contributed by atoms with Gasteiger partial charge < -0.3 is 14.4 Å². The van der Waals surface area contributed by atoms with E-state index < -0.39 is 10.9 Å². The Bertz CT molecular complexity index is 824. The summed E-state index contributed by atoms with van der Waals surface area (Å²) in [5.41, 5.74) is 0.697. The van der Waals surface area contributed by atoms with E-state index in [1.807, 2.05) is 0 Å². The number of carbonyl (C=O) groups excluding carboxylic acids is 1. The van der Waals surface area contributed by atoms with Crippen LogP contribution >= 0.6 is 0 Å². The fourth-order valence-electron chi connectivity index (χ4n) is 2.35. The topological polar surface area (TPSA) is 114 Å². The molecule has 24 heavy (non-hydrogen) atoms. The third-order valence-electron chi connectivity index (χ3n) is 3.58. The van der Waals surface area contributed by atoms with Crippen molar-refractivity contribution in [3.05, 3.63) is 62.6 Å². The van der Waals surface area contributed by atoms with Crippen molar-refractivity contribution in [2.45, 2.75) is 20.4 Å². The van der Waals surface area contributed by atoms with Crippen molar-refractivity contribution < 1.29 is 24.0 Å². The Morgan fingerprint density at radius 3 is 2.46 bits per heavy atom. The number of carbonyl (C=O) groups is 2. The Hall–Kier alpha value is -3.16. The smallest absolute Gasteiger partial charge is 0.339 e. The van der Waals surface area contributed by atoms with Gasteiger partial charge in [0.1, 0.15) is 17.1 Å². The van der Waals surface area contributed by atoms with E-state index >= 15 is 0 Å². The van der Waals surface area contributed by atoms with Gasteiger partial charge in [-0.1, -0.05) is 0 Å². The highest BCUT2D eigenvalue weighted by Gasteiger charge is 2.19. The van der Waals surface area contributed by atoms with Crippen molar-refractivity contribution in [3.8, 4) is 0 Å². The fraction of sp³-hybridized carbons (Fsp3) is 0.250. The normalized spacial score (nSPS) is 10.5. The van der Waals surface area contributed by atoms with E-state index in [9.17, 15) is 19.7 Å². The molecule has 0 atom stereocenters. The minimum absolute atomic E-state index is 0.0528. The quantitative estimate of drug-likeness (QED) is 0.665. The number of rotatable bonds is 5. The third kappa shape index (κ3) is 3.43. The average molecular weight is 332 g/mol. The maximum Gasteiger partial charge on any atom is 0.339 e. The Morgan fingerprint density at radius 2 is 1.96 bits per heavy atom. The molecular weight excluding hydrogens is 316 g/mol. The molecule has 0 aliphatic carbocycles. The summed E-state index contributed by atoms with van der Waals surface area (Å²) in [5, 5.41) is 19.8. The molecule has 2 aromatic rings. The molecule has 1 N–H and O–H groups in total. The lowest BCUT2D eigenvalue weighted by Gasteiger charge is -2.16. The Morgan fingerprint density at radius 1 is 1.29 bits per heavy atom. The van der Waals surface area contributed by atoms with Gasteiger partial charge in [-0.05, 0) is 32.0 Å². The first-order valence-electron chi connectivity index (χ1n) is 7.03. The van der Waals surface area contributed by atoms with Crippen LogP contribution < -0.4 is 0 Å². The number of benzene rings is 1. The minimum atomic E-state index is -1.09. The number of nitro benzene ring substituents is 1. The van der Waals surface area contributed by atoms with Crippen LogP contribution in [-0.2, 0) is 6.54 Å². The zero-order chi connectivity index (χ0) is 18.0. The van der Waals surface area contributed by atoms with E-state index in [1.54, 1.807) is 6.92 Å². The van der Waals surface area contributed by atoms with Crippen molar-refractivity contribution in [3.63, 3.8) is 0 Å². The number of carboxylic acid groups (broad SMARTS) is 1. The number of aryl methyl sites for hydroxylation is 2. The summed E-state index contributed by atoms with van der Waals surface area (Å²) >= 11 is 0. The van der Waals surface area contributed by atoms with Crippen LogP contribution in [0.15, 0.2) is 28.7 Å². The largest absolute Gasteiger partial charge is 0.478 e. The summed E-state index contributed by atoms with van der Waals surface area (Å²) in [6, 6.07) is 5.51. The third-order valence-corrected chi connectivity index (χ3v) is 3.58. The van der Waals surface area contributed by atoms with Crippen molar-refractivity contribution >= 4 is 17.6 Å². The van der Waals surface area contributed by atoms with Gasteiger partial charge in [-0.3, -0.25) is 14.9 Å². The van der Waals surface area contributed by atoms with E-state index in [0.29, 0.717) is 16.9 Å². The molecule has 0 saturated heterocycles. The number of furan rings is 1. The minimum Gasteiger partial charge on any atom is -0.478 e. The fourth-order valence-corrected chi connectivity index (χ4v) is 2.35. The molecular formula is C16H16N2O6. The van der Waals surface area contributed by atoms with Gasteiger partial charge >= 0.3 is 5.97 Å². The van der Waals surface area contributed by atoms with Crippen LogP contribution in [0.2, 0.25) is 0 Å². The second kappa shape index (κ2) is 6.53. The molecule has 1 aromatic heterocycles. The predicted octanol–water partition coefficient (Wildman–Crippen LogP) is 2.78. The number of hydrogen-bond donors (Lipinski definition) is 1. The zero-order valence-electron chi connectivity index (χ0n) is 13.4. The maximum atomic E-state index is 12.4.